The largest absolute Gasteiger partial charge is 0.497 e. The molecule has 0 radical (unpaired) electrons. The molecule has 1 aliphatic rings. The van der Waals surface area contributed by atoms with Crippen molar-refractivity contribution in [2.45, 2.75) is 26.3 Å². The number of hydrogen-bond donors (Lipinski definition) is 2. The number of hydrogen-bond acceptors (Lipinski definition) is 4. The maximum atomic E-state index is 12.6. The number of amides is 1. The molecule has 0 atom stereocenters. The summed E-state index contributed by atoms with van der Waals surface area (Å²) >= 11 is 0. The molecule has 0 bridgehead atoms. The van der Waals surface area contributed by atoms with E-state index >= 15 is 0 Å². The Morgan fingerprint density at radius 2 is 1.96 bits per heavy atom. The number of carbonyl (C=O) groups is 1. The van der Waals surface area contributed by atoms with E-state index in [0.717, 1.165) is 60.8 Å². The zero-order valence-corrected chi connectivity index (χ0v) is 16.4. The molecule has 0 aliphatic carbocycles. The first-order valence-electron chi connectivity index (χ1n) is 9.73. The summed E-state index contributed by atoms with van der Waals surface area (Å²) in [5.41, 5.74) is 4.13. The molecule has 1 fully saturated rings. The Morgan fingerprint density at radius 1 is 1.21 bits per heavy atom. The SMILES string of the molecule is COc1ccc(NC(=O)C2CCN(Cc3nc4ccc(C)cc4[nH]3)CC2)cc1. The second-order valence-corrected chi connectivity index (χ2v) is 7.47. The van der Waals surface area contributed by atoms with Gasteiger partial charge in [-0.05, 0) is 74.8 Å². The lowest BCUT2D eigenvalue weighted by molar-refractivity contribution is -0.121. The molecule has 0 unspecified atom stereocenters. The van der Waals surface area contributed by atoms with Gasteiger partial charge < -0.3 is 15.0 Å². The molecule has 1 saturated heterocycles. The van der Waals surface area contributed by atoms with Crippen molar-refractivity contribution < 1.29 is 9.53 Å². The second-order valence-electron chi connectivity index (χ2n) is 7.47. The molecule has 6 heteroatoms. The number of likely N-dealkylation sites (tertiary alicyclic amines) is 1. The van der Waals surface area contributed by atoms with Crippen molar-refractivity contribution in [3.63, 3.8) is 0 Å². The highest BCUT2D eigenvalue weighted by molar-refractivity contribution is 5.92. The van der Waals surface area contributed by atoms with Crippen molar-refractivity contribution in [2.75, 3.05) is 25.5 Å². The fraction of sp³-hybridized carbons (Fsp3) is 0.364. The van der Waals surface area contributed by atoms with E-state index in [1.807, 2.05) is 24.3 Å². The van der Waals surface area contributed by atoms with Gasteiger partial charge in [0.05, 0.1) is 24.7 Å². The summed E-state index contributed by atoms with van der Waals surface area (Å²) < 4.78 is 5.15. The molecule has 0 saturated carbocycles. The van der Waals surface area contributed by atoms with Gasteiger partial charge in [0.2, 0.25) is 5.91 Å². The van der Waals surface area contributed by atoms with Crippen LogP contribution in [0, 0.1) is 12.8 Å². The minimum absolute atomic E-state index is 0.0525. The summed E-state index contributed by atoms with van der Waals surface area (Å²) in [7, 11) is 1.63. The van der Waals surface area contributed by atoms with Gasteiger partial charge in [-0.25, -0.2) is 4.98 Å². The van der Waals surface area contributed by atoms with Crippen LogP contribution < -0.4 is 10.1 Å². The Bertz CT molecular complexity index is 956. The third kappa shape index (κ3) is 4.17. The molecule has 2 aromatic carbocycles. The van der Waals surface area contributed by atoms with Gasteiger partial charge in [0.15, 0.2) is 0 Å². The Labute approximate surface area is 164 Å². The summed E-state index contributed by atoms with van der Waals surface area (Å²) in [6.45, 7) is 4.68. The number of aryl methyl sites for hydroxylation is 1. The first kappa shape index (κ1) is 18.5. The van der Waals surface area contributed by atoms with Crippen LogP contribution in [-0.2, 0) is 11.3 Å². The molecule has 146 valence electrons. The van der Waals surface area contributed by atoms with E-state index < -0.39 is 0 Å². The molecule has 6 nitrogen and oxygen atoms in total. The van der Waals surface area contributed by atoms with Crippen LogP contribution in [0.2, 0.25) is 0 Å². The van der Waals surface area contributed by atoms with Gasteiger partial charge in [0.1, 0.15) is 11.6 Å². The average Bonchev–Trinajstić information content (AvgIpc) is 3.10. The van der Waals surface area contributed by atoms with Crippen molar-refractivity contribution in [3.05, 3.63) is 53.9 Å². The standard InChI is InChI=1S/C22H26N4O2/c1-15-3-8-19-20(13-15)25-21(24-19)14-26-11-9-16(10-12-26)22(27)23-17-4-6-18(28-2)7-5-17/h3-8,13,16H,9-12,14H2,1-2H3,(H,23,27)(H,24,25). The first-order valence-corrected chi connectivity index (χ1v) is 9.73. The van der Waals surface area contributed by atoms with Crippen LogP contribution in [0.5, 0.6) is 5.75 Å². The Hall–Kier alpha value is -2.86. The number of rotatable bonds is 5. The minimum atomic E-state index is 0.0525. The maximum absolute atomic E-state index is 12.6. The minimum Gasteiger partial charge on any atom is -0.497 e. The van der Waals surface area contributed by atoms with Crippen LogP contribution in [0.25, 0.3) is 11.0 Å². The highest BCUT2D eigenvalue weighted by Gasteiger charge is 2.25. The maximum Gasteiger partial charge on any atom is 0.227 e. The summed E-state index contributed by atoms with van der Waals surface area (Å²) in [5.74, 6) is 1.93. The predicted octanol–water partition coefficient (Wildman–Crippen LogP) is 3.73. The molecule has 2 heterocycles. The topological polar surface area (TPSA) is 70.2 Å². The van der Waals surface area contributed by atoms with Crippen molar-refractivity contribution in [2.24, 2.45) is 5.92 Å². The third-order valence-electron chi connectivity index (χ3n) is 5.38. The van der Waals surface area contributed by atoms with Crippen molar-refractivity contribution in [3.8, 4) is 5.75 Å². The lowest BCUT2D eigenvalue weighted by Gasteiger charge is -2.30. The molecule has 0 spiro atoms. The number of carbonyl (C=O) groups excluding carboxylic acids is 1. The fourth-order valence-corrected chi connectivity index (χ4v) is 3.73. The summed E-state index contributed by atoms with van der Waals surface area (Å²) in [5, 5.41) is 3.02. The Morgan fingerprint density at radius 3 is 2.68 bits per heavy atom. The smallest absolute Gasteiger partial charge is 0.227 e. The number of ether oxygens (including phenoxy) is 1. The number of nitrogens with one attached hydrogen (secondary N) is 2. The van der Waals surface area contributed by atoms with Crippen LogP contribution in [0.15, 0.2) is 42.5 Å². The highest BCUT2D eigenvalue weighted by atomic mass is 16.5. The van der Waals surface area contributed by atoms with Crippen LogP contribution in [0.4, 0.5) is 5.69 Å². The number of methoxy groups -OCH3 is 1. The normalized spacial score (nSPS) is 15.6. The quantitative estimate of drug-likeness (QED) is 0.710. The summed E-state index contributed by atoms with van der Waals surface area (Å²) in [6.07, 6.45) is 1.72. The van der Waals surface area contributed by atoms with E-state index in [1.165, 1.54) is 5.56 Å². The second kappa shape index (κ2) is 8.02. The molecular weight excluding hydrogens is 352 g/mol. The lowest BCUT2D eigenvalue weighted by atomic mass is 9.96. The number of benzene rings is 2. The summed E-state index contributed by atoms with van der Waals surface area (Å²) in [4.78, 5) is 23.0. The zero-order valence-electron chi connectivity index (χ0n) is 16.4. The van der Waals surface area contributed by atoms with Gasteiger partial charge in [-0.1, -0.05) is 6.07 Å². The number of piperidine rings is 1. The molecule has 28 heavy (non-hydrogen) atoms. The first-order chi connectivity index (χ1) is 13.6. The molecular formula is C22H26N4O2. The monoisotopic (exact) mass is 378 g/mol. The molecule has 4 rings (SSSR count). The Balaban J connectivity index is 1.30. The van der Waals surface area contributed by atoms with Crippen LogP contribution in [0.3, 0.4) is 0 Å². The number of fused-ring (bicyclic) bond motifs is 1. The number of imidazole rings is 1. The number of H-pyrrole nitrogens is 1. The van der Waals surface area contributed by atoms with E-state index in [0.29, 0.717) is 0 Å². The molecule has 1 aromatic heterocycles. The highest BCUT2D eigenvalue weighted by Crippen LogP contribution is 2.22. The summed E-state index contributed by atoms with van der Waals surface area (Å²) in [6, 6.07) is 13.7. The van der Waals surface area contributed by atoms with Crippen molar-refractivity contribution >= 4 is 22.6 Å². The molecule has 1 aliphatic heterocycles. The van der Waals surface area contributed by atoms with Crippen molar-refractivity contribution in [1.82, 2.24) is 14.9 Å². The third-order valence-corrected chi connectivity index (χ3v) is 5.38. The van der Waals surface area contributed by atoms with Crippen LogP contribution >= 0.6 is 0 Å². The van der Waals surface area contributed by atoms with Gasteiger partial charge >= 0.3 is 0 Å². The van der Waals surface area contributed by atoms with Crippen LogP contribution in [-0.4, -0.2) is 41.0 Å². The van der Waals surface area contributed by atoms with Gasteiger partial charge in [-0.15, -0.1) is 0 Å². The van der Waals surface area contributed by atoms with Gasteiger partial charge in [-0.2, -0.15) is 0 Å². The fourth-order valence-electron chi connectivity index (χ4n) is 3.73. The van der Waals surface area contributed by atoms with Crippen LogP contribution in [0.1, 0.15) is 24.2 Å². The Kier molecular flexibility index (Phi) is 5.30. The van der Waals surface area contributed by atoms with Gasteiger partial charge in [0, 0.05) is 11.6 Å². The number of anilines is 1. The zero-order chi connectivity index (χ0) is 19.5. The average molecular weight is 378 g/mol. The van der Waals surface area contributed by atoms with Gasteiger partial charge in [0.25, 0.3) is 0 Å². The van der Waals surface area contributed by atoms with E-state index in [1.54, 1.807) is 7.11 Å². The molecule has 1 amide bonds. The van der Waals surface area contributed by atoms with E-state index in [4.69, 9.17) is 4.74 Å². The van der Waals surface area contributed by atoms with E-state index in [-0.39, 0.29) is 11.8 Å². The van der Waals surface area contributed by atoms with E-state index in [9.17, 15) is 4.79 Å². The lowest BCUT2D eigenvalue weighted by Crippen LogP contribution is -2.38. The molecule has 2 N–H and O–H groups in total. The predicted molar refractivity (Wildman–Crippen MR) is 110 cm³/mol. The van der Waals surface area contributed by atoms with E-state index in [2.05, 4.69) is 45.3 Å². The van der Waals surface area contributed by atoms with Gasteiger partial charge in [-0.3, -0.25) is 9.69 Å². The number of aromatic nitrogens is 2. The number of aromatic amines is 1. The van der Waals surface area contributed by atoms with Crippen molar-refractivity contribution in [1.29, 1.82) is 0 Å². The number of nitrogens with zero attached hydrogens (tertiary/aromatic N) is 2. The molecule has 3 aromatic rings.